The van der Waals surface area contributed by atoms with Crippen LogP contribution in [0.3, 0.4) is 0 Å². The third-order valence-electron chi connectivity index (χ3n) is 5.27. The molecule has 3 rings (SSSR count). The summed E-state index contributed by atoms with van der Waals surface area (Å²) in [4.78, 5) is 16.9. The molecule has 0 radical (unpaired) electrons. The van der Waals surface area contributed by atoms with E-state index in [0.29, 0.717) is 19.1 Å². The molecule has 1 aromatic rings. The highest BCUT2D eigenvalue weighted by molar-refractivity contribution is 5.79. The van der Waals surface area contributed by atoms with E-state index in [4.69, 9.17) is 4.74 Å². The number of nitrogens with zero attached hydrogens (tertiary/aromatic N) is 2. The third-order valence-corrected chi connectivity index (χ3v) is 5.27. The maximum Gasteiger partial charge on any atom is 0.223 e. The molecule has 126 valence electrons. The standard InChI is InChI=1S/C19H28N2O2/c1-15(2)21-13-19(11-18(21)22)12-20(9-10-23-14-19)16(3)17-7-5-4-6-8-17/h4-8,15-16H,9-14H2,1-3H3/t16-,19-/m0/s1. The molecule has 0 bridgehead atoms. The number of likely N-dealkylation sites (tertiary alicyclic amines) is 1. The van der Waals surface area contributed by atoms with Crippen LogP contribution in [0.4, 0.5) is 0 Å². The largest absolute Gasteiger partial charge is 0.379 e. The summed E-state index contributed by atoms with van der Waals surface area (Å²) in [6, 6.07) is 11.2. The van der Waals surface area contributed by atoms with Crippen LogP contribution in [0.1, 0.15) is 38.8 Å². The van der Waals surface area contributed by atoms with Crippen molar-refractivity contribution < 1.29 is 9.53 Å². The molecule has 1 aromatic carbocycles. The zero-order chi connectivity index (χ0) is 16.4. The van der Waals surface area contributed by atoms with Gasteiger partial charge in [0.2, 0.25) is 5.91 Å². The van der Waals surface area contributed by atoms with E-state index in [1.165, 1.54) is 5.56 Å². The Bertz CT molecular complexity index is 546. The fourth-order valence-corrected chi connectivity index (χ4v) is 3.90. The van der Waals surface area contributed by atoms with E-state index >= 15 is 0 Å². The van der Waals surface area contributed by atoms with Gasteiger partial charge in [-0.15, -0.1) is 0 Å². The topological polar surface area (TPSA) is 32.8 Å². The van der Waals surface area contributed by atoms with Crippen molar-refractivity contribution in [3.05, 3.63) is 35.9 Å². The molecular formula is C19H28N2O2. The summed E-state index contributed by atoms with van der Waals surface area (Å²) in [6.07, 6.45) is 0.614. The second kappa shape index (κ2) is 6.62. The number of carbonyl (C=O) groups is 1. The molecule has 0 aromatic heterocycles. The predicted octanol–water partition coefficient (Wildman–Crippen LogP) is 2.71. The van der Waals surface area contributed by atoms with E-state index in [0.717, 1.165) is 26.2 Å². The van der Waals surface area contributed by atoms with Crippen LogP contribution in [-0.2, 0) is 9.53 Å². The zero-order valence-corrected chi connectivity index (χ0v) is 14.5. The number of benzene rings is 1. The van der Waals surface area contributed by atoms with E-state index < -0.39 is 0 Å². The third kappa shape index (κ3) is 3.43. The molecule has 2 aliphatic rings. The van der Waals surface area contributed by atoms with E-state index in [1.54, 1.807) is 0 Å². The zero-order valence-electron chi connectivity index (χ0n) is 14.5. The Morgan fingerprint density at radius 1 is 1.13 bits per heavy atom. The SMILES string of the molecule is CC(C)N1C[C@]2(COCCN([C@@H](C)c3ccccc3)C2)CC1=O. The molecule has 0 saturated carbocycles. The first-order chi connectivity index (χ1) is 11.0. The average Bonchev–Trinajstić information content (AvgIpc) is 2.73. The lowest BCUT2D eigenvalue weighted by molar-refractivity contribution is -0.129. The summed E-state index contributed by atoms with van der Waals surface area (Å²) in [5.74, 6) is 0.276. The molecule has 4 heteroatoms. The minimum absolute atomic E-state index is 0.0547. The number of ether oxygens (including phenoxy) is 1. The van der Waals surface area contributed by atoms with Gasteiger partial charge in [-0.3, -0.25) is 9.69 Å². The van der Waals surface area contributed by atoms with Crippen molar-refractivity contribution in [3.63, 3.8) is 0 Å². The van der Waals surface area contributed by atoms with Gasteiger partial charge in [-0.1, -0.05) is 30.3 Å². The molecule has 2 heterocycles. The van der Waals surface area contributed by atoms with Gasteiger partial charge in [0.1, 0.15) is 0 Å². The highest BCUT2D eigenvalue weighted by Crippen LogP contribution is 2.37. The second-order valence-electron chi connectivity index (χ2n) is 7.40. The van der Waals surface area contributed by atoms with Crippen LogP contribution in [0.5, 0.6) is 0 Å². The smallest absolute Gasteiger partial charge is 0.223 e. The first-order valence-corrected chi connectivity index (χ1v) is 8.67. The molecule has 1 spiro atoms. The van der Waals surface area contributed by atoms with Crippen LogP contribution in [0, 0.1) is 5.41 Å². The molecule has 2 saturated heterocycles. The Labute approximate surface area is 139 Å². The first kappa shape index (κ1) is 16.5. The van der Waals surface area contributed by atoms with Crippen LogP contribution in [-0.4, -0.2) is 54.6 Å². The molecule has 2 aliphatic heterocycles. The Balaban J connectivity index is 1.78. The number of amides is 1. The number of hydrogen-bond donors (Lipinski definition) is 0. The van der Waals surface area contributed by atoms with Gasteiger partial charge in [0.05, 0.1) is 13.2 Å². The molecule has 0 N–H and O–H groups in total. The van der Waals surface area contributed by atoms with Crippen molar-refractivity contribution >= 4 is 5.91 Å². The van der Waals surface area contributed by atoms with Crippen molar-refractivity contribution in [1.29, 1.82) is 0 Å². The molecular weight excluding hydrogens is 288 g/mol. The second-order valence-corrected chi connectivity index (χ2v) is 7.40. The Morgan fingerprint density at radius 2 is 1.87 bits per heavy atom. The van der Waals surface area contributed by atoms with Crippen molar-refractivity contribution in [2.45, 2.75) is 39.3 Å². The maximum atomic E-state index is 12.4. The molecule has 2 fully saturated rings. The molecule has 0 aliphatic carbocycles. The van der Waals surface area contributed by atoms with Crippen molar-refractivity contribution in [2.75, 3.05) is 32.8 Å². The lowest BCUT2D eigenvalue weighted by atomic mass is 9.86. The van der Waals surface area contributed by atoms with Gasteiger partial charge in [-0.2, -0.15) is 0 Å². The Kier molecular flexibility index (Phi) is 4.74. The molecule has 23 heavy (non-hydrogen) atoms. The molecule has 4 nitrogen and oxygen atoms in total. The quantitative estimate of drug-likeness (QED) is 0.859. The van der Waals surface area contributed by atoms with Crippen LogP contribution < -0.4 is 0 Å². The molecule has 1 amide bonds. The van der Waals surface area contributed by atoms with E-state index in [-0.39, 0.29) is 17.4 Å². The van der Waals surface area contributed by atoms with Crippen LogP contribution in [0.2, 0.25) is 0 Å². The Morgan fingerprint density at radius 3 is 2.52 bits per heavy atom. The summed E-state index contributed by atoms with van der Waals surface area (Å²) in [6.45, 7) is 10.6. The van der Waals surface area contributed by atoms with Crippen LogP contribution >= 0.6 is 0 Å². The van der Waals surface area contributed by atoms with E-state index in [2.05, 4.69) is 56.0 Å². The van der Waals surface area contributed by atoms with E-state index in [9.17, 15) is 4.79 Å². The fraction of sp³-hybridized carbons (Fsp3) is 0.632. The first-order valence-electron chi connectivity index (χ1n) is 8.67. The van der Waals surface area contributed by atoms with Gasteiger partial charge < -0.3 is 9.64 Å². The van der Waals surface area contributed by atoms with Gasteiger partial charge in [0, 0.05) is 43.6 Å². The lowest BCUT2D eigenvalue weighted by Crippen LogP contribution is -2.42. The fourth-order valence-electron chi connectivity index (χ4n) is 3.90. The summed E-state index contributed by atoms with van der Waals surface area (Å²) in [5, 5.41) is 0. The predicted molar refractivity (Wildman–Crippen MR) is 91.1 cm³/mol. The van der Waals surface area contributed by atoms with Gasteiger partial charge >= 0.3 is 0 Å². The highest BCUT2D eigenvalue weighted by atomic mass is 16.5. The normalized spacial score (nSPS) is 27.7. The molecule has 0 unspecified atom stereocenters. The highest BCUT2D eigenvalue weighted by Gasteiger charge is 2.46. The van der Waals surface area contributed by atoms with Gasteiger partial charge in [0.15, 0.2) is 0 Å². The van der Waals surface area contributed by atoms with Crippen molar-refractivity contribution in [1.82, 2.24) is 9.80 Å². The van der Waals surface area contributed by atoms with E-state index in [1.807, 2.05) is 4.90 Å². The van der Waals surface area contributed by atoms with Gasteiger partial charge in [-0.05, 0) is 26.3 Å². The van der Waals surface area contributed by atoms with Gasteiger partial charge in [0.25, 0.3) is 0 Å². The number of carbonyl (C=O) groups excluding carboxylic acids is 1. The van der Waals surface area contributed by atoms with Crippen molar-refractivity contribution in [2.24, 2.45) is 5.41 Å². The van der Waals surface area contributed by atoms with Crippen molar-refractivity contribution in [3.8, 4) is 0 Å². The van der Waals surface area contributed by atoms with Crippen LogP contribution in [0.15, 0.2) is 30.3 Å². The summed E-state index contributed by atoms with van der Waals surface area (Å²) in [5.41, 5.74) is 1.27. The van der Waals surface area contributed by atoms with Gasteiger partial charge in [-0.25, -0.2) is 0 Å². The summed E-state index contributed by atoms with van der Waals surface area (Å²) in [7, 11) is 0. The minimum Gasteiger partial charge on any atom is -0.379 e. The Hall–Kier alpha value is -1.39. The average molecular weight is 316 g/mol. The number of rotatable bonds is 3. The minimum atomic E-state index is -0.0547. The lowest BCUT2D eigenvalue weighted by Gasteiger charge is -2.35. The number of hydrogen-bond acceptors (Lipinski definition) is 3. The van der Waals surface area contributed by atoms with Crippen LogP contribution in [0.25, 0.3) is 0 Å². The monoisotopic (exact) mass is 316 g/mol. The molecule has 2 atom stereocenters. The summed E-state index contributed by atoms with van der Waals surface area (Å²) < 4.78 is 5.90. The maximum absolute atomic E-state index is 12.4. The summed E-state index contributed by atoms with van der Waals surface area (Å²) >= 11 is 0.